The van der Waals surface area contributed by atoms with E-state index in [1.54, 1.807) is 12.0 Å². The fourth-order valence-electron chi connectivity index (χ4n) is 3.75. The lowest BCUT2D eigenvalue weighted by Gasteiger charge is -2.35. The van der Waals surface area contributed by atoms with Crippen molar-refractivity contribution >= 4 is 11.8 Å². The van der Waals surface area contributed by atoms with Crippen molar-refractivity contribution < 1.29 is 28.2 Å². The highest BCUT2D eigenvalue weighted by Gasteiger charge is 2.33. The molecule has 0 spiro atoms. The number of nitrogens with zero attached hydrogens (tertiary/aromatic N) is 1. The van der Waals surface area contributed by atoms with E-state index in [1.807, 2.05) is 44.2 Å². The monoisotopic (exact) mass is 474 g/mol. The lowest BCUT2D eigenvalue weighted by atomic mass is 10.0. The number of methoxy groups -OCH3 is 3. The number of rotatable bonds is 13. The van der Waals surface area contributed by atoms with Gasteiger partial charge in [-0.2, -0.15) is 0 Å². The molecule has 7 nitrogen and oxygen atoms in total. The summed E-state index contributed by atoms with van der Waals surface area (Å²) in [6.45, 7) is 3.90. The molecule has 0 aliphatic rings. The van der Waals surface area contributed by atoms with Crippen molar-refractivity contribution in [3.05, 3.63) is 71.5 Å². The van der Waals surface area contributed by atoms with Crippen molar-refractivity contribution in [3.63, 3.8) is 0 Å². The smallest absolute Gasteiger partial charge is 0.247 e. The first kappa shape index (κ1) is 27.4. The van der Waals surface area contributed by atoms with Crippen molar-refractivity contribution in [2.24, 2.45) is 0 Å². The maximum Gasteiger partial charge on any atom is 0.247 e. The molecule has 34 heavy (non-hydrogen) atoms. The summed E-state index contributed by atoms with van der Waals surface area (Å²) in [6.07, 6.45) is -0.288. The number of hydrogen-bond donors (Lipinski definition) is 1. The van der Waals surface area contributed by atoms with Crippen LogP contribution in [0, 0.1) is 5.82 Å². The van der Waals surface area contributed by atoms with Crippen molar-refractivity contribution in [1.82, 2.24) is 10.2 Å². The van der Waals surface area contributed by atoms with Crippen molar-refractivity contribution in [1.29, 1.82) is 0 Å². The van der Waals surface area contributed by atoms with Crippen LogP contribution in [-0.4, -0.2) is 63.0 Å². The molecule has 0 aromatic heterocycles. The molecule has 0 saturated carbocycles. The molecule has 0 aliphatic carbocycles. The predicted molar refractivity (Wildman–Crippen MR) is 127 cm³/mol. The summed E-state index contributed by atoms with van der Waals surface area (Å²) < 4.78 is 29.5. The van der Waals surface area contributed by atoms with Crippen molar-refractivity contribution in [2.75, 3.05) is 27.9 Å². The van der Waals surface area contributed by atoms with Gasteiger partial charge in [-0.05, 0) is 37.1 Å². The predicted octanol–water partition coefficient (Wildman–Crippen LogP) is 3.49. The molecule has 0 saturated heterocycles. The maximum atomic E-state index is 13.6. The molecule has 0 heterocycles. The Hall–Kier alpha value is -2.81. The maximum absolute atomic E-state index is 13.6. The lowest BCUT2D eigenvalue weighted by Crippen LogP contribution is -2.49. The van der Waals surface area contributed by atoms with E-state index in [1.165, 1.54) is 38.5 Å². The van der Waals surface area contributed by atoms with Gasteiger partial charge in [-0.1, -0.05) is 42.5 Å². The number of benzene rings is 2. The molecular weight excluding hydrogens is 439 g/mol. The Labute approximate surface area is 201 Å². The van der Waals surface area contributed by atoms with Crippen LogP contribution in [0.1, 0.15) is 37.4 Å². The third-order valence-electron chi connectivity index (χ3n) is 5.57. The summed E-state index contributed by atoms with van der Waals surface area (Å²) in [5.74, 6) is -0.998. The fraction of sp³-hybridized carbons (Fsp3) is 0.462. The van der Waals surface area contributed by atoms with E-state index in [-0.39, 0.29) is 36.9 Å². The van der Waals surface area contributed by atoms with E-state index in [2.05, 4.69) is 5.32 Å². The molecule has 2 unspecified atom stereocenters. The quantitative estimate of drug-likeness (QED) is 0.450. The topological polar surface area (TPSA) is 77.1 Å². The minimum absolute atomic E-state index is 0.147. The van der Waals surface area contributed by atoms with E-state index in [0.717, 1.165) is 5.56 Å². The first-order chi connectivity index (χ1) is 16.3. The molecule has 1 N–H and O–H groups in total. The molecule has 2 aromatic rings. The Morgan fingerprint density at radius 2 is 1.56 bits per heavy atom. The largest absolute Gasteiger partial charge is 0.379 e. The van der Waals surface area contributed by atoms with Gasteiger partial charge in [0.15, 0.2) is 6.29 Å². The molecular formula is C26H35FN2O5. The van der Waals surface area contributed by atoms with Gasteiger partial charge in [0.05, 0.1) is 12.5 Å². The van der Waals surface area contributed by atoms with Crippen LogP contribution in [0.5, 0.6) is 0 Å². The SMILES string of the molecule is COC(CNC(=O)C(c1ccc(F)cc1)N(C(=O)Cc1ccccc1)C(C)C)CC(OC)OC. The lowest BCUT2D eigenvalue weighted by molar-refractivity contribution is -0.143. The average Bonchev–Trinajstić information content (AvgIpc) is 2.83. The van der Waals surface area contributed by atoms with Crippen LogP contribution in [-0.2, 0) is 30.2 Å². The van der Waals surface area contributed by atoms with E-state index >= 15 is 0 Å². The highest BCUT2D eigenvalue weighted by Crippen LogP contribution is 2.25. The molecule has 2 atom stereocenters. The molecule has 2 amide bonds. The van der Waals surface area contributed by atoms with Crippen LogP contribution >= 0.6 is 0 Å². The van der Waals surface area contributed by atoms with Crippen molar-refractivity contribution in [2.45, 2.75) is 51.2 Å². The van der Waals surface area contributed by atoms with Gasteiger partial charge in [0.2, 0.25) is 11.8 Å². The van der Waals surface area contributed by atoms with Crippen LogP contribution < -0.4 is 5.32 Å². The number of carbonyl (C=O) groups excluding carboxylic acids is 2. The Bertz CT molecular complexity index is 888. The Balaban J connectivity index is 2.28. The Kier molecular flexibility index (Phi) is 11.1. The number of hydrogen-bond acceptors (Lipinski definition) is 5. The van der Waals surface area contributed by atoms with Crippen LogP contribution in [0.15, 0.2) is 54.6 Å². The summed E-state index contributed by atoms with van der Waals surface area (Å²) >= 11 is 0. The zero-order valence-electron chi connectivity index (χ0n) is 20.5. The summed E-state index contributed by atoms with van der Waals surface area (Å²) in [7, 11) is 4.60. The summed E-state index contributed by atoms with van der Waals surface area (Å²) in [6, 6.07) is 13.8. The molecule has 0 aliphatic heterocycles. The zero-order valence-corrected chi connectivity index (χ0v) is 20.5. The fourth-order valence-corrected chi connectivity index (χ4v) is 3.75. The van der Waals surface area contributed by atoms with Crippen LogP contribution in [0.3, 0.4) is 0 Å². The molecule has 0 radical (unpaired) electrons. The Morgan fingerprint density at radius 3 is 2.09 bits per heavy atom. The minimum Gasteiger partial charge on any atom is -0.379 e. The zero-order chi connectivity index (χ0) is 25.1. The number of halogens is 1. The second-order valence-electron chi connectivity index (χ2n) is 8.25. The third kappa shape index (κ3) is 7.90. The number of carbonyl (C=O) groups is 2. The van der Waals surface area contributed by atoms with Gasteiger partial charge in [-0.15, -0.1) is 0 Å². The van der Waals surface area contributed by atoms with Gasteiger partial charge in [-0.25, -0.2) is 4.39 Å². The first-order valence-corrected chi connectivity index (χ1v) is 11.3. The summed E-state index contributed by atoms with van der Waals surface area (Å²) in [5, 5.41) is 2.89. The van der Waals surface area contributed by atoms with Gasteiger partial charge >= 0.3 is 0 Å². The highest BCUT2D eigenvalue weighted by molar-refractivity contribution is 5.89. The van der Waals surface area contributed by atoms with Gasteiger partial charge in [-0.3, -0.25) is 9.59 Å². The number of amides is 2. The molecule has 186 valence electrons. The highest BCUT2D eigenvalue weighted by atomic mass is 19.1. The minimum atomic E-state index is -0.935. The van der Waals surface area contributed by atoms with Crippen molar-refractivity contribution in [3.8, 4) is 0 Å². The molecule has 0 fully saturated rings. The normalized spacial score (nSPS) is 13.1. The summed E-state index contributed by atoms with van der Waals surface area (Å²) in [5.41, 5.74) is 1.37. The molecule has 2 rings (SSSR count). The van der Waals surface area contributed by atoms with Crippen LogP contribution in [0.4, 0.5) is 4.39 Å². The summed E-state index contributed by atoms with van der Waals surface area (Å²) in [4.78, 5) is 28.4. The molecule has 2 aromatic carbocycles. The van der Waals surface area contributed by atoms with E-state index in [0.29, 0.717) is 12.0 Å². The first-order valence-electron chi connectivity index (χ1n) is 11.3. The van der Waals surface area contributed by atoms with Crippen LogP contribution in [0.2, 0.25) is 0 Å². The number of ether oxygens (including phenoxy) is 3. The standard InChI is InChI=1S/C26H35FN2O5/c1-18(2)29(23(30)15-19-9-7-6-8-10-19)25(20-11-13-21(27)14-12-20)26(31)28-17-22(32-3)16-24(33-4)34-5/h6-14,18,22,24-25H,15-17H2,1-5H3,(H,28,31). The van der Waals surface area contributed by atoms with Gasteiger partial charge in [0.1, 0.15) is 11.9 Å². The number of nitrogens with one attached hydrogen (secondary N) is 1. The van der Waals surface area contributed by atoms with Crippen LogP contribution in [0.25, 0.3) is 0 Å². The van der Waals surface area contributed by atoms with Gasteiger partial charge in [0.25, 0.3) is 0 Å². The van der Waals surface area contributed by atoms with Gasteiger partial charge < -0.3 is 24.4 Å². The molecule has 0 bridgehead atoms. The second-order valence-corrected chi connectivity index (χ2v) is 8.25. The Morgan fingerprint density at radius 1 is 0.941 bits per heavy atom. The molecule has 8 heteroatoms. The van der Waals surface area contributed by atoms with E-state index in [4.69, 9.17) is 14.2 Å². The average molecular weight is 475 g/mol. The van der Waals surface area contributed by atoms with E-state index in [9.17, 15) is 14.0 Å². The third-order valence-corrected chi connectivity index (χ3v) is 5.57. The van der Waals surface area contributed by atoms with Gasteiger partial charge in [0, 0.05) is 40.3 Å². The van der Waals surface area contributed by atoms with E-state index < -0.39 is 18.1 Å². The second kappa shape index (κ2) is 13.8.